The molecule has 1 heterocycles. The average Bonchev–Trinajstić information content (AvgIpc) is 2.82. The van der Waals surface area contributed by atoms with Gasteiger partial charge in [0, 0.05) is 30.7 Å². The van der Waals surface area contributed by atoms with Crippen LogP contribution in [-0.4, -0.2) is 46.0 Å². The molecule has 1 aliphatic rings. The standard InChI is InChI=1S/C25H32ClNO5/c1-4-12-32-23-21(26)15-18(16-22(23)29-3)24(28)27-17-25(10-13-30-14-11-25)19-6-8-20(9-7-19)31-5-2/h6-9,15-16H,4-5,10-14,17H2,1-3H3,(H,27,28). The lowest BCUT2D eigenvalue weighted by atomic mass is 9.74. The number of benzene rings is 2. The maximum atomic E-state index is 13.0. The zero-order valence-electron chi connectivity index (χ0n) is 19.0. The normalized spacial score (nSPS) is 15.1. The van der Waals surface area contributed by atoms with E-state index in [9.17, 15) is 4.79 Å². The highest BCUT2D eigenvalue weighted by Gasteiger charge is 2.35. The molecule has 1 aliphatic heterocycles. The van der Waals surface area contributed by atoms with Crippen LogP contribution in [0.15, 0.2) is 36.4 Å². The van der Waals surface area contributed by atoms with Gasteiger partial charge in [-0.3, -0.25) is 4.79 Å². The summed E-state index contributed by atoms with van der Waals surface area (Å²) >= 11 is 6.39. The monoisotopic (exact) mass is 461 g/mol. The SMILES string of the molecule is CCCOc1c(Cl)cc(C(=O)NCC2(c3ccc(OCC)cc3)CCOCC2)cc1OC. The highest BCUT2D eigenvalue weighted by molar-refractivity contribution is 6.32. The van der Waals surface area contributed by atoms with Gasteiger partial charge in [0.25, 0.3) is 5.91 Å². The van der Waals surface area contributed by atoms with Gasteiger partial charge in [0.2, 0.25) is 0 Å². The lowest BCUT2D eigenvalue weighted by Gasteiger charge is -2.38. The first-order chi connectivity index (χ1) is 15.5. The van der Waals surface area contributed by atoms with E-state index in [1.165, 1.54) is 12.7 Å². The maximum absolute atomic E-state index is 13.0. The molecule has 2 aromatic carbocycles. The molecule has 0 unspecified atom stereocenters. The third-order valence-electron chi connectivity index (χ3n) is 5.76. The minimum absolute atomic E-state index is 0.198. The number of hydrogen-bond donors (Lipinski definition) is 1. The van der Waals surface area contributed by atoms with Crippen molar-refractivity contribution in [3.63, 3.8) is 0 Å². The summed E-state index contributed by atoms with van der Waals surface area (Å²) in [5.74, 6) is 1.55. The van der Waals surface area contributed by atoms with Gasteiger partial charge in [-0.2, -0.15) is 0 Å². The van der Waals surface area contributed by atoms with Crippen LogP contribution in [0, 0.1) is 0 Å². The Morgan fingerprint density at radius 3 is 2.47 bits per heavy atom. The van der Waals surface area contributed by atoms with Crippen molar-refractivity contribution < 1.29 is 23.7 Å². The van der Waals surface area contributed by atoms with E-state index < -0.39 is 0 Å². The van der Waals surface area contributed by atoms with Crippen LogP contribution in [0.4, 0.5) is 0 Å². The van der Waals surface area contributed by atoms with Crippen molar-refractivity contribution in [1.82, 2.24) is 5.32 Å². The highest BCUT2D eigenvalue weighted by Crippen LogP contribution is 2.37. The molecule has 1 amide bonds. The third-order valence-corrected chi connectivity index (χ3v) is 6.04. The second kappa shape index (κ2) is 11.4. The van der Waals surface area contributed by atoms with Gasteiger partial charge in [-0.05, 0) is 56.0 Å². The van der Waals surface area contributed by atoms with Crippen molar-refractivity contribution in [2.24, 2.45) is 0 Å². The van der Waals surface area contributed by atoms with Gasteiger partial charge >= 0.3 is 0 Å². The highest BCUT2D eigenvalue weighted by atomic mass is 35.5. The Labute approximate surface area is 195 Å². The number of amides is 1. The summed E-state index contributed by atoms with van der Waals surface area (Å²) in [5, 5.41) is 3.46. The Morgan fingerprint density at radius 1 is 1.12 bits per heavy atom. The number of methoxy groups -OCH3 is 1. The molecule has 1 fully saturated rings. The number of carbonyl (C=O) groups excluding carboxylic acids is 1. The molecule has 32 heavy (non-hydrogen) atoms. The molecular weight excluding hydrogens is 430 g/mol. The van der Waals surface area contributed by atoms with Crippen LogP contribution in [0.1, 0.15) is 49.0 Å². The second-order valence-electron chi connectivity index (χ2n) is 7.87. The summed E-state index contributed by atoms with van der Waals surface area (Å²) in [6.07, 6.45) is 2.50. The molecule has 174 valence electrons. The number of nitrogens with one attached hydrogen (secondary N) is 1. The predicted molar refractivity (Wildman–Crippen MR) is 125 cm³/mol. The van der Waals surface area contributed by atoms with Crippen LogP contribution < -0.4 is 19.5 Å². The molecule has 3 rings (SSSR count). The van der Waals surface area contributed by atoms with Crippen LogP contribution >= 0.6 is 11.6 Å². The first kappa shape index (κ1) is 24.2. The predicted octanol–water partition coefficient (Wildman–Crippen LogP) is 5.01. The summed E-state index contributed by atoms with van der Waals surface area (Å²) in [6, 6.07) is 11.4. The number of ether oxygens (including phenoxy) is 4. The van der Waals surface area contributed by atoms with Crippen molar-refractivity contribution in [2.75, 3.05) is 40.1 Å². The molecule has 1 saturated heterocycles. The van der Waals surface area contributed by atoms with Gasteiger partial charge < -0.3 is 24.3 Å². The topological polar surface area (TPSA) is 66.0 Å². The fourth-order valence-electron chi connectivity index (χ4n) is 3.95. The number of hydrogen-bond acceptors (Lipinski definition) is 5. The minimum atomic E-state index is -0.205. The lowest BCUT2D eigenvalue weighted by molar-refractivity contribution is 0.0487. The van der Waals surface area contributed by atoms with Crippen LogP contribution in [0.25, 0.3) is 0 Å². The van der Waals surface area contributed by atoms with Gasteiger partial charge in [-0.1, -0.05) is 30.7 Å². The molecule has 1 N–H and O–H groups in total. The first-order valence-electron chi connectivity index (χ1n) is 11.1. The van der Waals surface area contributed by atoms with Crippen LogP contribution in [0.3, 0.4) is 0 Å². The van der Waals surface area contributed by atoms with E-state index >= 15 is 0 Å². The van der Waals surface area contributed by atoms with Gasteiger partial charge in [-0.25, -0.2) is 0 Å². The van der Waals surface area contributed by atoms with E-state index in [2.05, 4.69) is 17.4 Å². The molecule has 0 aromatic heterocycles. The Kier molecular flexibility index (Phi) is 8.65. The molecule has 2 aromatic rings. The van der Waals surface area contributed by atoms with Crippen molar-refractivity contribution in [2.45, 2.75) is 38.5 Å². The summed E-state index contributed by atoms with van der Waals surface area (Å²) < 4.78 is 22.3. The lowest BCUT2D eigenvalue weighted by Crippen LogP contribution is -2.44. The zero-order valence-corrected chi connectivity index (χ0v) is 19.8. The smallest absolute Gasteiger partial charge is 0.251 e. The van der Waals surface area contributed by atoms with E-state index in [4.69, 9.17) is 30.5 Å². The average molecular weight is 462 g/mol. The summed E-state index contributed by atoms with van der Waals surface area (Å²) in [4.78, 5) is 13.0. The number of rotatable bonds is 10. The number of carbonyl (C=O) groups is 1. The van der Waals surface area contributed by atoms with Crippen molar-refractivity contribution >= 4 is 17.5 Å². The molecule has 0 aliphatic carbocycles. The van der Waals surface area contributed by atoms with Gasteiger partial charge in [-0.15, -0.1) is 0 Å². The van der Waals surface area contributed by atoms with Crippen LogP contribution in [0.2, 0.25) is 5.02 Å². The van der Waals surface area contributed by atoms with E-state index in [0.717, 1.165) is 25.0 Å². The van der Waals surface area contributed by atoms with E-state index in [-0.39, 0.29) is 11.3 Å². The van der Waals surface area contributed by atoms with Gasteiger partial charge in [0.1, 0.15) is 5.75 Å². The van der Waals surface area contributed by atoms with Crippen molar-refractivity contribution in [3.8, 4) is 17.2 Å². The molecule has 0 spiro atoms. The Bertz CT molecular complexity index is 894. The summed E-state index contributed by atoms with van der Waals surface area (Å²) in [5.41, 5.74) is 1.41. The van der Waals surface area contributed by atoms with Crippen LogP contribution in [-0.2, 0) is 10.2 Å². The molecule has 6 nitrogen and oxygen atoms in total. The van der Waals surface area contributed by atoms with E-state index in [1.807, 2.05) is 26.0 Å². The summed E-state index contributed by atoms with van der Waals surface area (Å²) in [6.45, 7) is 6.94. The van der Waals surface area contributed by atoms with Crippen molar-refractivity contribution in [3.05, 3.63) is 52.5 Å². The molecular formula is C25H32ClNO5. The fourth-order valence-corrected chi connectivity index (χ4v) is 4.21. The quantitative estimate of drug-likeness (QED) is 0.538. The second-order valence-corrected chi connectivity index (χ2v) is 8.28. The Morgan fingerprint density at radius 2 is 1.84 bits per heavy atom. The molecule has 0 radical (unpaired) electrons. The van der Waals surface area contributed by atoms with E-state index in [0.29, 0.717) is 55.1 Å². The fraction of sp³-hybridized carbons (Fsp3) is 0.480. The number of halogens is 1. The zero-order chi connectivity index (χ0) is 23.0. The largest absolute Gasteiger partial charge is 0.494 e. The minimum Gasteiger partial charge on any atom is -0.494 e. The van der Waals surface area contributed by atoms with Gasteiger partial charge in [0.15, 0.2) is 11.5 Å². The Balaban J connectivity index is 1.77. The molecule has 0 saturated carbocycles. The first-order valence-corrected chi connectivity index (χ1v) is 11.5. The van der Waals surface area contributed by atoms with Crippen LogP contribution in [0.5, 0.6) is 17.2 Å². The maximum Gasteiger partial charge on any atom is 0.251 e. The molecule has 0 bridgehead atoms. The molecule has 0 atom stereocenters. The van der Waals surface area contributed by atoms with E-state index in [1.54, 1.807) is 12.1 Å². The Hall–Kier alpha value is -2.44. The summed E-state index contributed by atoms with van der Waals surface area (Å²) in [7, 11) is 1.54. The van der Waals surface area contributed by atoms with Gasteiger partial charge in [0.05, 0.1) is 25.3 Å². The van der Waals surface area contributed by atoms with Crippen molar-refractivity contribution in [1.29, 1.82) is 0 Å². The third kappa shape index (κ3) is 5.67. The molecule has 7 heteroatoms.